The Morgan fingerprint density at radius 1 is 1.39 bits per heavy atom. The van der Waals surface area contributed by atoms with E-state index in [1.807, 2.05) is 14.0 Å². The molecule has 1 atom stereocenters. The fourth-order valence-corrected chi connectivity index (χ4v) is 4.17. The Morgan fingerprint density at radius 2 is 2.11 bits per heavy atom. The van der Waals surface area contributed by atoms with Gasteiger partial charge in [-0.2, -0.15) is 0 Å². The largest absolute Gasteiger partial charge is 0.373 e. The second-order valence-electron chi connectivity index (χ2n) is 4.70. The summed E-state index contributed by atoms with van der Waals surface area (Å²) in [5, 5.41) is 3.07. The average molecular weight is 269 g/mol. The number of rotatable bonds is 3. The third-order valence-corrected chi connectivity index (χ3v) is 5.19. The van der Waals surface area contributed by atoms with Crippen LogP contribution >= 0.6 is 0 Å². The van der Waals surface area contributed by atoms with Crippen molar-refractivity contribution in [3.8, 4) is 0 Å². The predicted molar refractivity (Wildman–Crippen MR) is 71.7 cm³/mol. The van der Waals surface area contributed by atoms with Gasteiger partial charge in [-0.3, -0.25) is 0 Å². The number of aryl methyl sites for hydroxylation is 1. The van der Waals surface area contributed by atoms with Crippen molar-refractivity contribution in [3.05, 3.63) is 17.1 Å². The minimum Gasteiger partial charge on any atom is -0.373 e. The van der Waals surface area contributed by atoms with Crippen molar-refractivity contribution in [1.82, 2.24) is 9.97 Å². The van der Waals surface area contributed by atoms with Crippen LogP contribution < -0.4 is 5.32 Å². The molecule has 1 unspecified atom stereocenters. The molecule has 6 heteroatoms. The van der Waals surface area contributed by atoms with Gasteiger partial charge in [-0.1, -0.05) is 6.92 Å². The molecule has 0 amide bonds. The lowest BCUT2D eigenvalue weighted by molar-refractivity contribution is 0.601. The van der Waals surface area contributed by atoms with Crippen molar-refractivity contribution in [3.63, 3.8) is 0 Å². The molecule has 0 bridgehead atoms. The van der Waals surface area contributed by atoms with Gasteiger partial charge in [-0.15, -0.1) is 0 Å². The number of nitrogens with zero attached hydrogens (tertiary/aromatic N) is 2. The van der Waals surface area contributed by atoms with Crippen LogP contribution in [0.15, 0.2) is 0 Å². The number of hydrogen-bond donors (Lipinski definition) is 1. The summed E-state index contributed by atoms with van der Waals surface area (Å²) < 4.78 is 23.0. The third kappa shape index (κ3) is 2.48. The van der Waals surface area contributed by atoms with Crippen LogP contribution in [0.2, 0.25) is 0 Å². The first-order valence-corrected chi connectivity index (χ1v) is 8.04. The Kier molecular flexibility index (Phi) is 3.56. The highest BCUT2D eigenvalue weighted by Crippen LogP contribution is 2.28. The zero-order valence-electron chi connectivity index (χ0n) is 11.0. The molecule has 1 aromatic heterocycles. The summed E-state index contributed by atoms with van der Waals surface area (Å²) in [5.41, 5.74) is 2.04. The average Bonchev–Trinajstić information content (AvgIpc) is 2.68. The molecule has 1 aliphatic heterocycles. The Labute approximate surface area is 108 Å². The van der Waals surface area contributed by atoms with E-state index in [0.717, 1.165) is 23.5 Å². The quantitative estimate of drug-likeness (QED) is 0.895. The second kappa shape index (κ2) is 4.84. The van der Waals surface area contributed by atoms with Crippen molar-refractivity contribution < 1.29 is 8.42 Å². The Bertz CT molecular complexity index is 555. The number of nitrogens with one attached hydrogen (secondary N) is 1. The topological polar surface area (TPSA) is 72.0 Å². The van der Waals surface area contributed by atoms with Gasteiger partial charge in [-0.05, 0) is 19.8 Å². The first-order chi connectivity index (χ1) is 8.46. The van der Waals surface area contributed by atoms with Crippen LogP contribution in [-0.4, -0.2) is 36.9 Å². The number of aromatic nitrogens is 2. The van der Waals surface area contributed by atoms with Crippen molar-refractivity contribution in [1.29, 1.82) is 0 Å². The summed E-state index contributed by atoms with van der Waals surface area (Å²) in [6.45, 7) is 4.01. The monoisotopic (exact) mass is 269 g/mol. The molecule has 0 spiro atoms. The van der Waals surface area contributed by atoms with Crippen LogP contribution in [0.5, 0.6) is 0 Å². The molecule has 0 aliphatic carbocycles. The fraction of sp³-hybridized carbons (Fsp3) is 0.667. The van der Waals surface area contributed by atoms with Gasteiger partial charge in [0.05, 0.1) is 11.5 Å². The summed E-state index contributed by atoms with van der Waals surface area (Å²) >= 11 is 0. The van der Waals surface area contributed by atoms with Crippen LogP contribution in [0, 0.1) is 6.92 Å². The number of anilines is 1. The zero-order chi connectivity index (χ0) is 13.3. The van der Waals surface area contributed by atoms with Gasteiger partial charge >= 0.3 is 0 Å². The summed E-state index contributed by atoms with van der Waals surface area (Å²) in [6.07, 6.45) is 1.50. The van der Waals surface area contributed by atoms with E-state index in [4.69, 9.17) is 0 Å². The van der Waals surface area contributed by atoms with Crippen molar-refractivity contribution in [2.24, 2.45) is 0 Å². The van der Waals surface area contributed by atoms with Crippen molar-refractivity contribution in [2.75, 3.05) is 23.9 Å². The zero-order valence-corrected chi connectivity index (χ0v) is 11.8. The maximum Gasteiger partial charge on any atom is 0.151 e. The molecule has 1 aliphatic rings. The molecule has 1 saturated heterocycles. The van der Waals surface area contributed by atoms with E-state index in [0.29, 0.717) is 12.2 Å². The van der Waals surface area contributed by atoms with Crippen LogP contribution in [-0.2, 0) is 16.3 Å². The molecule has 100 valence electrons. The normalized spacial score (nSPS) is 22.1. The van der Waals surface area contributed by atoms with Crippen LogP contribution in [0.3, 0.4) is 0 Å². The molecule has 5 nitrogen and oxygen atoms in total. The lowest BCUT2D eigenvalue weighted by atomic mass is 10.1. The van der Waals surface area contributed by atoms with E-state index in [9.17, 15) is 8.42 Å². The predicted octanol–water partition coefficient (Wildman–Crippen LogP) is 1.29. The van der Waals surface area contributed by atoms with Crippen LogP contribution in [0.1, 0.15) is 36.3 Å². The molecule has 1 fully saturated rings. The van der Waals surface area contributed by atoms with E-state index < -0.39 is 9.84 Å². The van der Waals surface area contributed by atoms with E-state index in [2.05, 4.69) is 22.2 Å². The van der Waals surface area contributed by atoms with Gasteiger partial charge < -0.3 is 5.32 Å². The van der Waals surface area contributed by atoms with Gasteiger partial charge in [0.2, 0.25) is 0 Å². The molecule has 2 rings (SSSR count). The standard InChI is InChI=1S/C12H19N3O2S/c1-4-10-8(2)14-11(15-12(10)13-3)9-5-6-18(16,17)7-9/h9H,4-7H2,1-3H3,(H,13,14,15). The molecule has 0 radical (unpaired) electrons. The Morgan fingerprint density at radius 3 is 2.61 bits per heavy atom. The minimum absolute atomic E-state index is 0.0493. The molecule has 0 saturated carbocycles. The summed E-state index contributed by atoms with van der Waals surface area (Å²) in [7, 11) is -1.06. The molecule has 0 aromatic carbocycles. The van der Waals surface area contributed by atoms with Crippen LogP contribution in [0.25, 0.3) is 0 Å². The Balaban J connectivity index is 2.38. The van der Waals surface area contributed by atoms with Crippen LogP contribution in [0.4, 0.5) is 5.82 Å². The first-order valence-electron chi connectivity index (χ1n) is 6.22. The molecule has 18 heavy (non-hydrogen) atoms. The Hall–Kier alpha value is -1.17. The lowest BCUT2D eigenvalue weighted by Crippen LogP contribution is -2.12. The summed E-state index contributed by atoms with van der Waals surface area (Å²) in [5.74, 6) is 1.87. The lowest BCUT2D eigenvalue weighted by Gasteiger charge is -2.14. The highest BCUT2D eigenvalue weighted by atomic mass is 32.2. The third-order valence-electron chi connectivity index (χ3n) is 3.42. The second-order valence-corrected chi connectivity index (χ2v) is 6.93. The highest BCUT2D eigenvalue weighted by molar-refractivity contribution is 7.91. The number of sulfone groups is 1. The minimum atomic E-state index is -2.89. The maximum atomic E-state index is 11.5. The van der Waals surface area contributed by atoms with Gasteiger partial charge in [0.25, 0.3) is 0 Å². The summed E-state index contributed by atoms with van der Waals surface area (Å²) in [6, 6.07) is 0. The summed E-state index contributed by atoms with van der Waals surface area (Å²) in [4.78, 5) is 8.97. The number of hydrogen-bond acceptors (Lipinski definition) is 5. The van der Waals surface area contributed by atoms with E-state index in [-0.39, 0.29) is 17.4 Å². The van der Waals surface area contributed by atoms with Crippen molar-refractivity contribution >= 4 is 15.7 Å². The van der Waals surface area contributed by atoms with Gasteiger partial charge in [0, 0.05) is 24.2 Å². The molecule has 1 N–H and O–H groups in total. The van der Waals surface area contributed by atoms with E-state index in [1.54, 1.807) is 0 Å². The van der Waals surface area contributed by atoms with Gasteiger partial charge in [0.1, 0.15) is 11.6 Å². The van der Waals surface area contributed by atoms with Gasteiger partial charge in [-0.25, -0.2) is 18.4 Å². The molecule has 2 heterocycles. The van der Waals surface area contributed by atoms with Crippen molar-refractivity contribution in [2.45, 2.75) is 32.6 Å². The SMILES string of the molecule is CCc1c(C)nc(C2CCS(=O)(=O)C2)nc1NC. The van der Waals surface area contributed by atoms with Gasteiger partial charge in [0.15, 0.2) is 9.84 Å². The highest BCUT2D eigenvalue weighted by Gasteiger charge is 2.31. The smallest absolute Gasteiger partial charge is 0.151 e. The van der Waals surface area contributed by atoms with E-state index in [1.165, 1.54) is 0 Å². The molecular formula is C12H19N3O2S. The molecule has 1 aromatic rings. The molecular weight excluding hydrogens is 250 g/mol. The fourth-order valence-electron chi connectivity index (χ4n) is 2.43. The first kappa shape index (κ1) is 13.3. The van der Waals surface area contributed by atoms with E-state index >= 15 is 0 Å². The maximum absolute atomic E-state index is 11.5.